The van der Waals surface area contributed by atoms with E-state index in [0.29, 0.717) is 5.16 Å². The summed E-state index contributed by atoms with van der Waals surface area (Å²) in [6.07, 6.45) is 0.949. The number of anilines is 1. The number of aromatic amines is 1. The highest BCUT2D eigenvalue weighted by atomic mass is 32.2. The van der Waals surface area contributed by atoms with E-state index in [2.05, 4.69) is 15.2 Å². The van der Waals surface area contributed by atoms with Gasteiger partial charge in [0, 0.05) is 12.5 Å². The minimum atomic E-state index is -0.443. The lowest BCUT2D eigenvalue weighted by molar-refractivity contribution is -0.140. The van der Waals surface area contributed by atoms with E-state index in [1.807, 2.05) is 13.8 Å². The number of H-pyrrole nitrogens is 1. The largest absolute Gasteiger partial charge is 0.368 e. The van der Waals surface area contributed by atoms with Crippen molar-refractivity contribution in [2.75, 3.05) is 5.73 Å². The Balaban J connectivity index is 2.08. The molecule has 2 atom stereocenters. The highest BCUT2D eigenvalue weighted by Gasteiger charge is 2.41. The fourth-order valence-corrected chi connectivity index (χ4v) is 2.74. The third-order valence-corrected chi connectivity index (χ3v) is 3.95. The van der Waals surface area contributed by atoms with Gasteiger partial charge in [0.25, 0.3) is 0 Å². The average Bonchev–Trinajstić information content (AvgIpc) is 2.84. The molecule has 1 fully saturated rings. The number of nitrogens with two attached hydrogens (primary N) is 1. The van der Waals surface area contributed by atoms with Gasteiger partial charge in [-0.3, -0.25) is 14.5 Å². The van der Waals surface area contributed by atoms with Crippen molar-refractivity contribution in [2.24, 2.45) is 0 Å². The number of thioether (sulfide) groups is 1. The number of nitrogens with one attached hydrogen (secondary N) is 1. The fraction of sp³-hybridized carbons (Fsp3) is 0.600. The Bertz CT molecular complexity index is 475. The van der Waals surface area contributed by atoms with Crippen molar-refractivity contribution in [2.45, 2.75) is 43.1 Å². The van der Waals surface area contributed by atoms with E-state index in [1.165, 1.54) is 16.7 Å². The highest BCUT2D eigenvalue weighted by molar-refractivity contribution is 8.00. The van der Waals surface area contributed by atoms with Crippen LogP contribution < -0.4 is 5.73 Å². The van der Waals surface area contributed by atoms with Gasteiger partial charge in [0.05, 0.1) is 0 Å². The molecule has 1 saturated heterocycles. The molecule has 1 aromatic rings. The van der Waals surface area contributed by atoms with Gasteiger partial charge < -0.3 is 5.73 Å². The molecule has 1 aliphatic heterocycles. The Morgan fingerprint density at radius 3 is 2.89 bits per heavy atom. The molecule has 8 heteroatoms. The van der Waals surface area contributed by atoms with E-state index in [9.17, 15) is 9.59 Å². The number of aromatic nitrogens is 3. The second-order valence-corrected chi connectivity index (χ2v) is 5.34. The molecule has 2 rings (SSSR count). The van der Waals surface area contributed by atoms with Gasteiger partial charge in [0.15, 0.2) is 0 Å². The summed E-state index contributed by atoms with van der Waals surface area (Å²) in [5.74, 6) is -0.0915. The summed E-state index contributed by atoms with van der Waals surface area (Å²) in [7, 11) is 0. The summed E-state index contributed by atoms with van der Waals surface area (Å²) in [5, 5.41) is 6.30. The molecule has 98 valence electrons. The summed E-state index contributed by atoms with van der Waals surface area (Å²) in [5.41, 5.74) is 5.41. The molecule has 2 amide bonds. The van der Waals surface area contributed by atoms with Gasteiger partial charge in [0.1, 0.15) is 5.25 Å². The van der Waals surface area contributed by atoms with Gasteiger partial charge in [-0.1, -0.05) is 18.7 Å². The van der Waals surface area contributed by atoms with Crippen LogP contribution in [0.1, 0.15) is 26.7 Å². The number of likely N-dealkylation sites (tertiary alicyclic amines) is 1. The third-order valence-electron chi connectivity index (χ3n) is 2.90. The van der Waals surface area contributed by atoms with E-state index in [0.717, 1.165) is 6.42 Å². The van der Waals surface area contributed by atoms with Crippen molar-refractivity contribution in [3.63, 3.8) is 0 Å². The van der Waals surface area contributed by atoms with Crippen LogP contribution in [-0.2, 0) is 9.59 Å². The van der Waals surface area contributed by atoms with Crippen molar-refractivity contribution in [1.82, 2.24) is 20.1 Å². The average molecular weight is 269 g/mol. The first-order valence-corrected chi connectivity index (χ1v) is 6.61. The molecule has 0 bridgehead atoms. The van der Waals surface area contributed by atoms with Crippen molar-refractivity contribution < 1.29 is 9.59 Å². The SMILES string of the molecule is CCC(C)N1C(=O)CC(Sc2n[nH]c(N)n2)C1=O. The number of nitrogens with zero attached hydrogens (tertiary/aromatic N) is 3. The quantitative estimate of drug-likeness (QED) is 0.767. The number of imide groups is 1. The summed E-state index contributed by atoms with van der Waals surface area (Å²) in [4.78, 5) is 29.2. The van der Waals surface area contributed by atoms with Crippen molar-refractivity contribution >= 4 is 29.5 Å². The molecule has 2 heterocycles. The van der Waals surface area contributed by atoms with Gasteiger partial charge in [-0.25, -0.2) is 5.10 Å². The smallest absolute Gasteiger partial charge is 0.243 e. The first-order chi connectivity index (χ1) is 8.52. The van der Waals surface area contributed by atoms with E-state index in [4.69, 9.17) is 5.73 Å². The highest BCUT2D eigenvalue weighted by Crippen LogP contribution is 2.30. The first-order valence-electron chi connectivity index (χ1n) is 5.73. The first kappa shape index (κ1) is 12.9. The topological polar surface area (TPSA) is 105 Å². The summed E-state index contributed by atoms with van der Waals surface area (Å²) in [6.45, 7) is 3.81. The zero-order valence-corrected chi connectivity index (χ0v) is 11.0. The van der Waals surface area contributed by atoms with Crippen LogP contribution in [-0.4, -0.2) is 43.2 Å². The van der Waals surface area contributed by atoms with Gasteiger partial charge in [-0.15, -0.1) is 5.10 Å². The standard InChI is InChI=1S/C10H15N5O2S/c1-3-5(2)15-7(16)4-6(8(15)17)18-10-12-9(11)13-14-10/h5-6H,3-4H2,1-2H3,(H3,11,12,13,14). The van der Waals surface area contributed by atoms with Crippen LogP contribution in [0, 0.1) is 0 Å². The van der Waals surface area contributed by atoms with Crippen LogP contribution in [0.25, 0.3) is 0 Å². The maximum Gasteiger partial charge on any atom is 0.243 e. The van der Waals surface area contributed by atoms with Crippen molar-refractivity contribution in [1.29, 1.82) is 0 Å². The lowest BCUT2D eigenvalue weighted by Crippen LogP contribution is -2.38. The summed E-state index contributed by atoms with van der Waals surface area (Å²) < 4.78 is 0. The predicted octanol–water partition coefficient (Wildman–Crippen LogP) is 0.405. The number of amides is 2. The molecular formula is C10H15N5O2S. The molecule has 7 nitrogen and oxygen atoms in total. The van der Waals surface area contributed by atoms with E-state index in [1.54, 1.807) is 0 Å². The molecule has 0 spiro atoms. The molecule has 0 radical (unpaired) electrons. The number of carbonyl (C=O) groups excluding carboxylic acids is 2. The summed E-state index contributed by atoms with van der Waals surface area (Å²) >= 11 is 1.17. The van der Waals surface area contributed by atoms with E-state index < -0.39 is 5.25 Å². The lowest BCUT2D eigenvalue weighted by Gasteiger charge is -2.21. The minimum absolute atomic E-state index is 0.0622. The normalized spacial score (nSPS) is 21.7. The van der Waals surface area contributed by atoms with Gasteiger partial charge >= 0.3 is 0 Å². The zero-order valence-electron chi connectivity index (χ0n) is 10.2. The molecule has 0 saturated carbocycles. The van der Waals surface area contributed by atoms with E-state index >= 15 is 0 Å². The van der Waals surface area contributed by atoms with Crippen LogP contribution in [0.15, 0.2) is 5.16 Å². The van der Waals surface area contributed by atoms with Crippen molar-refractivity contribution in [3.05, 3.63) is 0 Å². The summed E-state index contributed by atoms with van der Waals surface area (Å²) in [6, 6.07) is -0.0622. The lowest BCUT2D eigenvalue weighted by atomic mass is 10.2. The van der Waals surface area contributed by atoms with Gasteiger partial charge in [-0.05, 0) is 13.3 Å². The van der Waals surface area contributed by atoms with Crippen LogP contribution in [0.5, 0.6) is 0 Å². The number of rotatable bonds is 4. The molecule has 2 unspecified atom stereocenters. The third kappa shape index (κ3) is 2.33. The van der Waals surface area contributed by atoms with Crippen LogP contribution in [0.2, 0.25) is 0 Å². The molecule has 0 aliphatic carbocycles. The maximum atomic E-state index is 12.1. The molecule has 1 aromatic heterocycles. The molecule has 3 N–H and O–H groups in total. The van der Waals surface area contributed by atoms with Crippen LogP contribution >= 0.6 is 11.8 Å². The van der Waals surface area contributed by atoms with Crippen molar-refractivity contribution in [3.8, 4) is 0 Å². The molecule has 1 aliphatic rings. The Kier molecular flexibility index (Phi) is 3.55. The Morgan fingerprint density at radius 2 is 2.33 bits per heavy atom. The fourth-order valence-electron chi connectivity index (χ4n) is 1.80. The van der Waals surface area contributed by atoms with E-state index in [-0.39, 0.29) is 30.2 Å². The molecule has 0 aromatic carbocycles. The predicted molar refractivity (Wildman–Crippen MR) is 66.7 cm³/mol. The number of hydrogen-bond donors (Lipinski definition) is 2. The van der Waals surface area contributed by atoms with Gasteiger partial charge in [0.2, 0.25) is 22.9 Å². The monoisotopic (exact) mass is 269 g/mol. The second kappa shape index (κ2) is 4.97. The Morgan fingerprint density at radius 1 is 1.61 bits per heavy atom. The van der Waals surface area contributed by atoms with Crippen LogP contribution in [0.4, 0.5) is 5.95 Å². The second-order valence-electron chi connectivity index (χ2n) is 4.17. The molecular weight excluding hydrogens is 254 g/mol. The van der Waals surface area contributed by atoms with Crippen LogP contribution in [0.3, 0.4) is 0 Å². The Hall–Kier alpha value is -1.57. The zero-order chi connectivity index (χ0) is 13.3. The number of carbonyl (C=O) groups is 2. The maximum absolute atomic E-state index is 12.1. The number of hydrogen-bond acceptors (Lipinski definition) is 6. The van der Waals surface area contributed by atoms with Gasteiger partial charge in [-0.2, -0.15) is 4.98 Å². The number of nitrogen functional groups attached to an aromatic ring is 1. The minimum Gasteiger partial charge on any atom is -0.368 e. The Labute approximate surface area is 109 Å². The molecule has 18 heavy (non-hydrogen) atoms.